The smallest absolute Gasteiger partial charge is 0.270 e. The summed E-state index contributed by atoms with van der Waals surface area (Å²) in [5.41, 5.74) is 1.80. The standard InChI is InChI=1S/C11H9N3O/c1-7-11(15)13-10-8-4-2-3-5-9(8)12-6-14(7)10/h2-7H,1H3. The van der Waals surface area contributed by atoms with Crippen molar-refractivity contribution in [1.82, 2.24) is 4.90 Å². The summed E-state index contributed by atoms with van der Waals surface area (Å²) in [6, 6.07) is 7.47. The van der Waals surface area contributed by atoms with Crippen LogP contribution < -0.4 is 0 Å². The first kappa shape index (κ1) is 8.35. The summed E-state index contributed by atoms with van der Waals surface area (Å²) in [6.07, 6.45) is 1.68. The molecule has 0 saturated carbocycles. The molecule has 2 heterocycles. The van der Waals surface area contributed by atoms with E-state index in [-0.39, 0.29) is 11.9 Å². The van der Waals surface area contributed by atoms with Gasteiger partial charge < -0.3 is 4.90 Å². The van der Waals surface area contributed by atoms with Crippen LogP contribution in [-0.4, -0.2) is 29.0 Å². The molecule has 1 atom stereocenters. The van der Waals surface area contributed by atoms with Crippen LogP contribution in [-0.2, 0) is 4.79 Å². The predicted molar refractivity (Wildman–Crippen MR) is 57.4 cm³/mol. The molecule has 0 aliphatic carbocycles. The van der Waals surface area contributed by atoms with Gasteiger partial charge in [-0.2, -0.15) is 4.99 Å². The quantitative estimate of drug-likeness (QED) is 0.632. The third kappa shape index (κ3) is 1.05. The van der Waals surface area contributed by atoms with Gasteiger partial charge in [0.05, 0.1) is 12.0 Å². The van der Waals surface area contributed by atoms with E-state index in [1.165, 1.54) is 0 Å². The molecule has 4 heteroatoms. The Bertz CT molecular complexity index is 504. The highest BCUT2D eigenvalue weighted by Crippen LogP contribution is 2.28. The second-order valence-electron chi connectivity index (χ2n) is 3.62. The number of fused-ring (bicyclic) bond motifs is 3. The van der Waals surface area contributed by atoms with Gasteiger partial charge in [0, 0.05) is 5.56 Å². The summed E-state index contributed by atoms with van der Waals surface area (Å²) >= 11 is 0. The minimum atomic E-state index is -0.225. The van der Waals surface area contributed by atoms with Crippen molar-refractivity contribution in [3.05, 3.63) is 29.8 Å². The van der Waals surface area contributed by atoms with Crippen LogP contribution in [0, 0.1) is 0 Å². The van der Waals surface area contributed by atoms with Crippen molar-refractivity contribution in [1.29, 1.82) is 0 Å². The Labute approximate surface area is 87.0 Å². The molecule has 0 spiro atoms. The minimum Gasteiger partial charge on any atom is -0.304 e. The molecule has 0 aromatic heterocycles. The highest BCUT2D eigenvalue weighted by molar-refractivity contribution is 6.19. The van der Waals surface area contributed by atoms with E-state index >= 15 is 0 Å². The van der Waals surface area contributed by atoms with E-state index in [0.717, 1.165) is 17.1 Å². The average molecular weight is 199 g/mol. The third-order valence-corrected chi connectivity index (χ3v) is 2.70. The van der Waals surface area contributed by atoms with Crippen LogP contribution >= 0.6 is 0 Å². The van der Waals surface area contributed by atoms with Gasteiger partial charge in [0.1, 0.15) is 11.9 Å². The number of benzene rings is 1. The molecule has 2 aliphatic heterocycles. The van der Waals surface area contributed by atoms with E-state index in [0.29, 0.717) is 0 Å². The maximum Gasteiger partial charge on any atom is 0.270 e. The second-order valence-corrected chi connectivity index (χ2v) is 3.62. The SMILES string of the molecule is CC1C(=O)N=C2c3ccccc3N=CN21. The molecule has 1 aromatic carbocycles. The molecule has 2 aliphatic rings. The van der Waals surface area contributed by atoms with Gasteiger partial charge in [0.15, 0.2) is 0 Å². The summed E-state index contributed by atoms with van der Waals surface area (Å²) in [7, 11) is 0. The lowest BCUT2D eigenvalue weighted by Gasteiger charge is -2.23. The fraction of sp³-hybridized carbons (Fsp3) is 0.182. The van der Waals surface area contributed by atoms with E-state index < -0.39 is 0 Å². The molecule has 1 unspecified atom stereocenters. The van der Waals surface area contributed by atoms with Crippen LogP contribution in [0.2, 0.25) is 0 Å². The van der Waals surface area contributed by atoms with Gasteiger partial charge in [0.2, 0.25) is 0 Å². The van der Waals surface area contributed by atoms with Crippen molar-refractivity contribution >= 4 is 23.8 Å². The van der Waals surface area contributed by atoms with Crippen LogP contribution in [0.4, 0.5) is 5.69 Å². The van der Waals surface area contributed by atoms with Crippen LogP contribution in [0.5, 0.6) is 0 Å². The number of para-hydroxylation sites is 1. The van der Waals surface area contributed by atoms with Crippen LogP contribution in [0.3, 0.4) is 0 Å². The summed E-state index contributed by atoms with van der Waals surface area (Å²) in [5, 5.41) is 0. The number of nitrogens with zero attached hydrogens (tertiary/aromatic N) is 3. The zero-order valence-corrected chi connectivity index (χ0v) is 8.21. The van der Waals surface area contributed by atoms with Crippen molar-refractivity contribution in [3.8, 4) is 0 Å². The molecule has 0 fully saturated rings. The molecule has 1 aromatic rings. The molecule has 74 valence electrons. The number of amides is 1. The Hall–Kier alpha value is -1.97. The van der Waals surface area contributed by atoms with Gasteiger partial charge in [-0.25, -0.2) is 4.99 Å². The number of carbonyl (C=O) groups excluding carboxylic acids is 1. The molecule has 4 nitrogen and oxygen atoms in total. The lowest BCUT2D eigenvalue weighted by Crippen LogP contribution is -2.36. The number of carbonyl (C=O) groups is 1. The van der Waals surface area contributed by atoms with Crippen LogP contribution in [0.1, 0.15) is 12.5 Å². The first-order valence-corrected chi connectivity index (χ1v) is 4.82. The second kappa shape index (κ2) is 2.76. The zero-order chi connectivity index (χ0) is 10.4. The molecule has 15 heavy (non-hydrogen) atoms. The van der Waals surface area contributed by atoms with E-state index in [4.69, 9.17) is 0 Å². The first-order valence-electron chi connectivity index (χ1n) is 4.82. The normalized spacial score (nSPS) is 22.5. The van der Waals surface area contributed by atoms with Gasteiger partial charge in [-0.05, 0) is 19.1 Å². The Balaban J connectivity index is 2.21. The van der Waals surface area contributed by atoms with Crippen molar-refractivity contribution in [2.45, 2.75) is 13.0 Å². The first-order chi connectivity index (χ1) is 7.27. The molecular weight excluding hydrogens is 190 g/mol. The van der Waals surface area contributed by atoms with Crippen LogP contribution in [0.15, 0.2) is 34.3 Å². The van der Waals surface area contributed by atoms with Crippen LogP contribution in [0.25, 0.3) is 0 Å². The van der Waals surface area contributed by atoms with Gasteiger partial charge in [-0.3, -0.25) is 4.79 Å². The number of amidine groups is 1. The summed E-state index contributed by atoms with van der Waals surface area (Å²) in [6.45, 7) is 1.83. The number of aliphatic imine (C=N–C) groups is 2. The van der Waals surface area contributed by atoms with Gasteiger partial charge >= 0.3 is 0 Å². The summed E-state index contributed by atoms with van der Waals surface area (Å²) in [4.78, 5) is 21.6. The highest BCUT2D eigenvalue weighted by atomic mass is 16.2. The Morgan fingerprint density at radius 3 is 3.00 bits per heavy atom. The average Bonchev–Trinajstić information content (AvgIpc) is 2.56. The van der Waals surface area contributed by atoms with E-state index in [9.17, 15) is 4.79 Å². The minimum absolute atomic E-state index is 0.104. The van der Waals surface area contributed by atoms with Crippen molar-refractivity contribution in [2.75, 3.05) is 0 Å². The zero-order valence-electron chi connectivity index (χ0n) is 8.21. The Morgan fingerprint density at radius 2 is 2.13 bits per heavy atom. The Morgan fingerprint density at radius 1 is 1.33 bits per heavy atom. The fourth-order valence-electron chi connectivity index (χ4n) is 1.81. The molecule has 0 N–H and O–H groups in total. The fourth-order valence-corrected chi connectivity index (χ4v) is 1.81. The van der Waals surface area contributed by atoms with E-state index in [1.807, 2.05) is 36.1 Å². The maximum atomic E-state index is 11.5. The number of hydrogen-bond acceptors (Lipinski definition) is 3. The third-order valence-electron chi connectivity index (χ3n) is 2.70. The van der Waals surface area contributed by atoms with Gasteiger partial charge in [-0.15, -0.1) is 0 Å². The molecule has 0 saturated heterocycles. The van der Waals surface area contributed by atoms with Gasteiger partial charge in [0.25, 0.3) is 5.91 Å². The lowest BCUT2D eigenvalue weighted by atomic mass is 10.1. The molecule has 1 amide bonds. The predicted octanol–water partition coefficient (Wildman–Crippen LogP) is 1.34. The summed E-state index contributed by atoms with van der Waals surface area (Å²) < 4.78 is 0. The number of rotatable bonds is 0. The molecule has 3 rings (SSSR count). The molecular formula is C11H9N3O. The molecule has 0 bridgehead atoms. The topological polar surface area (TPSA) is 45.0 Å². The van der Waals surface area contributed by atoms with E-state index in [1.54, 1.807) is 6.34 Å². The Kier molecular flexibility index (Phi) is 1.54. The van der Waals surface area contributed by atoms with Crippen molar-refractivity contribution < 1.29 is 4.79 Å². The van der Waals surface area contributed by atoms with Gasteiger partial charge in [-0.1, -0.05) is 12.1 Å². The molecule has 0 radical (unpaired) electrons. The highest BCUT2D eigenvalue weighted by Gasteiger charge is 2.33. The summed E-state index contributed by atoms with van der Waals surface area (Å²) in [5.74, 6) is 0.617. The maximum absolute atomic E-state index is 11.5. The largest absolute Gasteiger partial charge is 0.304 e. The van der Waals surface area contributed by atoms with Crippen molar-refractivity contribution in [3.63, 3.8) is 0 Å². The lowest BCUT2D eigenvalue weighted by molar-refractivity contribution is -0.119. The van der Waals surface area contributed by atoms with E-state index in [2.05, 4.69) is 9.98 Å². The monoisotopic (exact) mass is 199 g/mol. The van der Waals surface area contributed by atoms with Crippen molar-refractivity contribution in [2.24, 2.45) is 9.98 Å². The number of hydrogen-bond donors (Lipinski definition) is 0.